The lowest BCUT2D eigenvalue weighted by atomic mass is 9.99. The molecule has 2 N–H and O–H groups in total. The van der Waals surface area contributed by atoms with Crippen LogP contribution < -0.4 is 10.6 Å². The number of nitrogens with one attached hydrogen (secondary N) is 2. The van der Waals surface area contributed by atoms with Crippen molar-refractivity contribution in [3.05, 3.63) is 150 Å². The second kappa shape index (κ2) is 14.4. The third kappa shape index (κ3) is 7.97. The first-order chi connectivity index (χ1) is 21.0. The molecule has 0 aromatic heterocycles. The lowest BCUT2D eigenvalue weighted by molar-refractivity contribution is -0.131. The van der Waals surface area contributed by atoms with Gasteiger partial charge in [0.2, 0.25) is 11.8 Å². The van der Waals surface area contributed by atoms with Crippen molar-refractivity contribution in [2.75, 3.05) is 5.32 Å². The highest BCUT2D eigenvalue weighted by molar-refractivity contribution is 6.04. The summed E-state index contributed by atoms with van der Waals surface area (Å²) < 4.78 is 0. The highest BCUT2D eigenvalue weighted by Crippen LogP contribution is 2.27. The van der Waals surface area contributed by atoms with Crippen molar-refractivity contribution in [3.8, 4) is 0 Å². The molecule has 5 nitrogen and oxygen atoms in total. The molecular formula is C38H39N3O2. The zero-order chi connectivity index (χ0) is 30.0. The second-order valence-corrected chi connectivity index (χ2v) is 11.4. The summed E-state index contributed by atoms with van der Waals surface area (Å²) in [5.41, 5.74) is 3.84. The molecule has 5 rings (SSSR count). The minimum Gasteiger partial charge on any atom is -0.343 e. The molecule has 43 heavy (non-hydrogen) atoms. The molecular weight excluding hydrogens is 530 g/mol. The fourth-order valence-corrected chi connectivity index (χ4v) is 5.55. The molecule has 218 valence electrons. The number of carbonyl (C=O) groups excluding carboxylic acids is 2. The molecule has 0 aliphatic carbocycles. The zero-order valence-corrected chi connectivity index (χ0v) is 24.8. The first-order valence-corrected chi connectivity index (χ1v) is 14.9. The molecule has 0 heterocycles. The van der Waals surface area contributed by atoms with Crippen LogP contribution >= 0.6 is 0 Å². The topological polar surface area (TPSA) is 61.4 Å². The van der Waals surface area contributed by atoms with Gasteiger partial charge in [-0.3, -0.25) is 14.5 Å². The van der Waals surface area contributed by atoms with E-state index < -0.39 is 12.1 Å². The Morgan fingerprint density at radius 1 is 0.628 bits per heavy atom. The third-order valence-electron chi connectivity index (χ3n) is 7.57. The van der Waals surface area contributed by atoms with E-state index >= 15 is 0 Å². The number of hydrogen-bond donors (Lipinski definition) is 2. The molecule has 5 aromatic carbocycles. The fourth-order valence-electron chi connectivity index (χ4n) is 5.55. The van der Waals surface area contributed by atoms with Crippen LogP contribution in [0.5, 0.6) is 0 Å². The van der Waals surface area contributed by atoms with Crippen molar-refractivity contribution >= 4 is 28.3 Å². The maximum absolute atomic E-state index is 14.4. The lowest BCUT2D eigenvalue weighted by Gasteiger charge is -2.33. The van der Waals surface area contributed by atoms with E-state index in [0.29, 0.717) is 19.5 Å². The number of fused-ring (bicyclic) bond motifs is 1. The van der Waals surface area contributed by atoms with Crippen LogP contribution in [0.25, 0.3) is 10.8 Å². The normalized spacial score (nSPS) is 12.7. The van der Waals surface area contributed by atoms with Gasteiger partial charge in [0.1, 0.15) is 12.1 Å². The number of nitrogens with zero attached hydrogens (tertiary/aromatic N) is 1. The largest absolute Gasteiger partial charge is 0.343 e. The van der Waals surface area contributed by atoms with E-state index in [1.54, 1.807) is 0 Å². The molecule has 0 unspecified atom stereocenters. The van der Waals surface area contributed by atoms with Crippen LogP contribution in [-0.2, 0) is 22.7 Å². The van der Waals surface area contributed by atoms with Gasteiger partial charge in [0.05, 0.1) is 0 Å². The minimum absolute atomic E-state index is 0.197. The van der Waals surface area contributed by atoms with Crippen molar-refractivity contribution in [3.63, 3.8) is 0 Å². The summed E-state index contributed by atoms with van der Waals surface area (Å²) >= 11 is 0. The number of anilines is 1. The molecule has 0 saturated heterocycles. The van der Waals surface area contributed by atoms with Crippen LogP contribution in [0.1, 0.15) is 43.0 Å². The highest BCUT2D eigenvalue weighted by atomic mass is 16.2. The van der Waals surface area contributed by atoms with Gasteiger partial charge in [-0.15, -0.1) is 0 Å². The molecule has 5 heteroatoms. The quantitative estimate of drug-likeness (QED) is 0.161. The zero-order valence-electron chi connectivity index (χ0n) is 24.8. The Balaban J connectivity index is 1.46. The van der Waals surface area contributed by atoms with Crippen LogP contribution in [0.3, 0.4) is 0 Å². The average molecular weight is 570 g/mol. The van der Waals surface area contributed by atoms with Crippen LogP contribution in [0.15, 0.2) is 133 Å². The van der Waals surface area contributed by atoms with E-state index in [0.717, 1.165) is 33.2 Å². The second-order valence-electron chi connectivity index (χ2n) is 11.4. The van der Waals surface area contributed by atoms with Gasteiger partial charge < -0.3 is 10.6 Å². The molecule has 0 saturated carbocycles. The van der Waals surface area contributed by atoms with E-state index in [2.05, 4.69) is 53.6 Å². The van der Waals surface area contributed by atoms with Crippen LogP contribution in [0.4, 0.5) is 5.69 Å². The van der Waals surface area contributed by atoms with E-state index in [9.17, 15) is 9.59 Å². The molecule has 2 amide bonds. The molecule has 0 fully saturated rings. The number of amides is 2. The summed E-state index contributed by atoms with van der Waals surface area (Å²) in [6.07, 6.45) is 0.515. The van der Waals surface area contributed by atoms with Gasteiger partial charge in [-0.25, -0.2) is 0 Å². The molecule has 0 aliphatic heterocycles. The van der Waals surface area contributed by atoms with Crippen molar-refractivity contribution in [1.82, 2.24) is 10.2 Å². The van der Waals surface area contributed by atoms with Gasteiger partial charge >= 0.3 is 0 Å². The Bertz CT molecular complexity index is 1570. The Kier molecular flexibility index (Phi) is 9.98. The summed E-state index contributed by atoms with van der Waals surface area (Å²) in [5, 5.41) is 8.30. The summed E-state index contributed by atoms with van der Waals surface area (Å²) in [4.78, 5) is 30.4. The van der Waals surface area contributed by atoms with Crippen LogP contribution in [-0.4, -0.2) is 22.8 Å². The van der Waals surface area contributed by atoms with Crippen molar-refractivity contribution in [2.24, 2.45) is 5.92 Å². The molecule has 0 spiro atoms. The average Bonchev–Trinajstić information content (AvgIpc) is 3.02. The number of benzene rings is 5. The van der Waals surface area contributed by atoms with Crippen molar-refractivity contribution < 1.29 is 9.59 Å². The van der Waals surface area contributed by atoms with Gasteiger partial charge in [0.25, 0.3) is 0 Å². The van der Waals surface area contributed by atoms with Gasteiger partial charge in [-0.2, -0.15) is 0 Å². The maximum atomic E-state index is 14.4. The summed E-state index contributed by atoms with van der Waals surface area (Å²) in [7, 11) is 0. The van der Waals surface area contributed by atoms with E-state index in [1.165, 1.54) is 0 Å². The fraction of sp³-hybridized carbons (Fsp3) is 0.211. The van der Waals surface area contributed by atoms with Crippen LogP contribution in [0, 0.1) is 5.92 Å². The van der Waals surface area contributed by atoms with E-state index in [-0.39, 0.29) is 17.7 Å². The van der Waals surface area contributed by atoms with Crippen LogP contribution in [0.2, 0.25) is 0 Å². The van der Waals surface area contributed by atoms with Crippen molar-refractivity contribution in [2.45, 2.75) is 45.4 Å². The molecule has 0 aliphatic rings. The van der Waals surface area contributed by atoms with Gasteiger partial charge in [-0.05, 0) is 40.5 Å². The van der Waals surface area contributed by atoms with Gasteiger partial charge in [0, 0.05) is 24.2 Å². The Morgan fingerprint density at radius 3 is 1.77 bits per heavy atom. The van der Waals surface area contributed by atoms with Gasteiger partial charge in [-0.1, -0.05) is 141 Å². The predicted molar refractivity (Wildman–Crippen MR) is 175 cm³/mol. The standard InChI is InChI=1S/C38H39N3O2/c1-28(2)25-35(37(42)39-34-24-14-22-31-19-12-13-23-33(31)34)40-38(43)36(32-20-10-5-11-21-32)41(26-29-15-6-3-7-16-29)27-30-17-8-4-9-18-30/h3-24,28,35-36H,25-27H2,1-2H3,(H,39,42)(H,40,43)/t35-,36+/m0/s1. The Labute approximate surface area is 254 Å². The number of rotatable bonds is 12. The van der Waals surface area contributed by atoms with Gasteiger partial charge in [0.15, 0.2) is 0 Å². The van der Waals surface area contributed by atoms with E-state index in [4.69, 9.17) is 0 Å². The molecule has 5 aromatic rings. The Morgan fingerprint density at radius 2 is 1.16 bits per heavy atom. The molecule has 2 atom stereocenters. The lowest BCUT2D eigenvalue weighted by Crippen LogP contribution is -2.49. The SMILES string of the molecule is CC(C)C[C@H](NC(=O)[C@@H](c1ccccc1)N(Cc1ccccc1)Cc1ccccc1)C(=O)Nc1cccc2ccccc12. The Hall–Kier alpha value is -4.74. The van der Waals surface area contributed by atoms with E-state index in [1.807, 2.05) is 109 Å². The number of hydrogen-bond acceptors (Lipinski definition) is 3. The summed E-state index contributed by atoms with van der Waals surface area (Å²) in [6, 6.07) is 42.7. The summed E-state index contributed by atoms with van der Waals surface area (Å²) in [5.74, 6) is -0.219. The van der Waals surface area contributed by atoms with Crippen molar-refractivity contribution in [1.29, 1.82) is 0 Å². The first-order valence-electron chi connectivity index (χ1n) is 14.9. The monoisotopic (exact) mass is 569 g/mol. The molecule has 0 bridgehead atoms. The maximum Gasteiger partial charge on any atom is 0.246 e. The minimum atomic E-state index is -0.701. The number of carbonyl (C=O) groups is 2. The first kappa shape index (κ1) is 29.7. The highest BCUT2D eigenvalue weighted by Gasteiger charge is 2.32. The third-order valence-corrected chi connectivity index (χ3v) is 7.57. The predicted octanol–water partition coefficient (Wildman–Crippen LogP) is 7.75. The molecule has 0 radical (unpaired) electrons. The summed E-state index contributed by atoms with van der Waals surface area (Å²) in [6.45, 7) is 5.27. The smallest absolute Gasteiger partial charge is 0.246 e.